The number of hydrogen-bond acceptors (Lipinski definition) is 2. The molecule has 3 aromatic rings. The number of H-pyrrole nitrogens is 1. The Balaban J connectivity index is 1.42. The molecule has 1 aliphatic carbocycles. The lowest BCUT2D eigenvalue weighted by molar-refractivity contribution is 0.299. The summed E-state index contributed by atoms with van der Waals surface area (Å²) in [5.41, 5.74) is 6.15. The fourth-order valence-corrected chi connectivity index (χ4v) is 4.34. The predicted molar refractivity (Wildman–Crippen MR) is 102 cm³/mol. The van der Waals surface area contributed by atoms with E-state index >= 15 is 0 Å². The summed E-state index contributed by atoms with van der Waals surface area (Å²) in [6, 6.07) is 13.2. The Morgan fingerprint density at radius 2 is 1.88 bits per heavy atom. The maximum Gasteiger partial charge on any atom is 0.137 e. The van der Waals surface area contributed by atoms with Gasteiger partial charge in [-0.1, -0.05) is 41.9 Å². The van der Waals surface area contributed by atoms with Gasteiger partial charge >= 0.3 is 0 Å². The number of halogens is 1. The minimum atomic E-state index is 0.448. The van der Waals surface area contributed by atoms with Gasteiger partial charge in [-0.05, 0) is 47.8 Å². The number of pyridine rings is 1. The van der Waals surface area contributed by atoms with Crippen LogP contribution in [-0.2, 0) is 12.8 Å². The number of aromatic nitrogens is 2. The van der Waals surface area contributed by atoms with Crippen molar-refractivity contribution in [2.75, 3.05) is 6.54 Å². The number of allylic oxidation sites excluding steroid dienone is 2. The smallest absolute Gasteiger partial charge is 0.137 e. The molecule has 0 saturated heterocycles. The van der Waals surface area contributed by atoms with Crippen molar-refractivity contribution in [1.29, 1.82) is 0 Å². The summed E-state index contributed by atoms with van der Waals surface area (Å²) in [7, 11) is 0. The van der Waals surface area contributed by atoms with Gasteiger partial charge in [0.15, 0.2) is 0 Å². The molecule has 1 aliphatic heterocycles. The van der Waals surface area contributed by atoms with Gasteiger partial charge in [0, 0.05) is 35.9 Å². The second kappa shape index (κ2) is 5.78. The normalized spacial score (nSPS) is 17.6. The van der Waals surface area contributed by atoms with Crippen molar-refractivity contribution in [2.45, 2.75) is 18.9 Å². The van der Waals surface area contributed by atoms with Gasteiger partial charge in [0.2, 0.25) is 0 Å². The maximum atomic E-state index is 6.69. The van der Waals surface area contributed by atoms with E-state index in [0.29, 0.717) is 6.04 Å². The lowest BCUT2D eigenvalue weighted by atomic mass is 10.0. The molecule has 4 heteroatoms. The van der Waals surface area contributed by atoms with Crippen molar-refractivity contribution >= 4 is 28.2 Å². The van der Waals surface area contributed by atoms with Gasteiger partial charge in [0.25, 0.3) is 0 Å². The molecule has 0 saturated carbocycles. The van der Waals surface area contributed by atoms with E-state index in [2.05, 4.69) is 57.4 Å². The van der Waals surface area contributed by atoms with E-state index in [1.165, 1.54) is 11.1 Å². The Morgan fingerprint density at radius 1 is 1.08 bits per heavy atom. The molecule has 0 radical (unpaired) electrons. The van der Waals surface area contributed by atoms with Crippen molar-refractivity contribution < 1.29 is 0 Å². The summed E-state index contributed by atoms with van der Waals surface area (Å²) >= 11 is 6.69. The van der Waals surface area contributed by atoms with E-state index in [9.17, 15) is 0 Å². The third-order valence-electron chi connectivity index (χ3n) is 5.29. The molecule has 1 aromatic carbocycles. The number of hydrogen-bond donors (Lipinski definition) is 1. The van der Waals surface area contributed by atoms with Crippen LogP contribution in [0.5, 0.6) is 0 Å². The summed E-state index contributed by atoms with van der Waals surface area (Å²) in [5, 5.41) is 1.96. The summed E-state index contributed by atoms with van der Waals surface area (Å²) in [5.74, 6) is 0. The second-order valence-electron chi connectivity index (χ2n) is 6.71. The Hall–Kier alpha value is -2.52. The molecule has 2 aromatic heterocycles. The zero-order chi connectivity index (χ0) is 16.8. The summed E-state index contributed by atoms with van der Waals surface area (Å²) in [4.78, 5) is 9.93. The number of nitrogens with one attached hydrogen (secondary N) is 1. The fourth-order valence-electron chi connectivity index (χ4n) is 4.02. The molecule has 0 amide bonds. The largest absolute Gasteiger partial charge is 0.355 e. The standard InChI is InChI=1S/C21H18ClN3/c22-20-12-16(19-13-24-21-18(19)6-3-8-23-21)7-9-25(20)17-10-14-4-1-2-5-15(14)11-17/h1-8,12-13,17H,9-11H2,(H,23,24). The van der Waals surface area contributed by atoms with Crippen LogP contribution < -0.4 is 0 Å². The highest BCUT2D eigenvalue weighted by atomic mass is 35.5. The number of fused-ring (bicyclic) bond motifs is 2. The van der Waals surface area contributed by atoms with Crippen LogP contribution in [0.4, 0.5) is 0 Å². The highest BCUT2D eigenvalue weighted by Gasteiger charge is 2.28. The van der Waals surface area contributed by atoms with Gasteiger partial charge < -0.3 is 9.88 Å². The maximum absolute atomic E-state index is 6.69. The monoisotopic (exact) mass is 347 g/mol. The lowest BCUT2D eigenvalue weighted by Crippen LogP contribution is -2.35. The van der Waals surface area contributed by atoms with Gasteiger partial charge in [0.05, 0.1) is 0 Å². The zero-order valence-corrected chi connectivity index (χ0v) is 14.5. The van der Waals surface area contributed by atoms with E-state index in [0.717, 1.165) is 46.7 Å². The van der Waals surface area contributed by atoms with Crippen molar-refractivity contribution in [3.05, 3.63) is 82.8 Å². The summed E-state index contributed by atoms with van der Waals surface area (Å²) < 4.78 is 0. The van der Waals surface area contributed by atoms with Gasteiger partial charge in [-0.3, -0.25) is 0 Å². The van der Waals surface area contributed by atoms with E-state index < -0.39 is 0 Å². The molecule has 1 N–H and O–H groups in total. The fraction of sp³-hybridized carbons (Fsp3) is 0.190. The van der Waals surface area contributed by atoms with Gasteiger partial charge in [-0.25, -0.2) is 4.98 Å². The van der Waals surface area contributed by atoms with E-state index in [1.807, 2.05) is 12.3 Å². The zero-order valence-electron chi connectivity index (χ0n) is 13.7. The molecule has 0 bridgehead atoms. The van der Waals surface area contributed by atoms with Crippen LogP contribution >= 0.6 is 11.6 Å². The predicted octanol–water partition coefficient (Wildman–Crippen LogP) is 4.51. The quantitative estimate of drug-likeness (QED) is 0.692. The third-order valence-corrected chi connectivity index (χ3v) is 5.62. The first kappa shape index (κ1) is 14.8. The van der Waals surface area contributed by atoms with Gasteiger partial charge in [-0.15, -0.1) is 0 Å². The Morgan fingerprint density at radius 3 is 2.64 bits per heavy atom. The highest BCUT2D eigenvalue weighted by Crippen LogP contribution is 2.34. The minimum absolute atomic E-state index is 0.448. The molecular formula is C21H18ClN3. The summed E-state index contributed by atoms with van der Waals surface area (Å²) in [6.07, 6.45) is 10.3. The van der Waals surface area contributed by atoms with Crippen LogP contribution in [0.3, 0.4) is 0 Å². The molecule has 0 unspecified atom stereocenters. The summed E-state index contributed by atoms with van der Waals surface area (Å²) in [6.45, 7) is 0.844. The van der Waals surface area contributed by atoms with Crippen LogP contribution in [0, 0.1) is 0 Å². The third kappa shape index (κ3) is 2.47. The number of aromatic amines is 1. The van der Waals surface area contributed by atoms with Crippen LogP contribution in [0.15, 0.2) is 66.1 Å². The lowest BCUT2D eigenvalue weighted by Gasteiger charge is -2.32. The molecule has 124 valence electrons. The molecule has 2 aliphatic rings. The Kier molecular flexibility index (Phi) is 3.42. The van der Waals surface area contributed by atoms with Crippen LogP contribution in [-0.4, -0.2) is 27.5 Å². The topological polar surface area (TPSA) is 31.9 Å². The van der Waals surface area contributed by atoms with E-state index in [-0.39, 0.29) is 0 Å². The molecule has 0 fully saturated rings. The molecule has 25 heavy (non-hydrogen) atoms. The van der Waals surface area contributed by atoms with Crippen molar-refractivity contribution in [2.24, 2.45) is 0 Å². The van der Waals surface area contributed by atoms with Gasteiger partial charge in [-0.2, -0.15) is 0 Å². The molecule has 5 rings (SSSR count). The van der Waals surface area contributed by atoms with Crippen LogP contribution in [0.25, 0.3) is 16.6 Å². The van der Waals surface area contributed by atoms with Crippen molar-refractivity contribution in [3.8, 4) is 0 Å². The highest BCUT2D eigenvalue weighted by molar-refractivity contribution is 6.30. The second-order valence-corrected chi connectivity index (χ2v) is 7.10. The first-order valence-electron chi connectivity index (χ1n) is 8.63. The molecule has 3 nitrogen and oxygen atoms in total. The average molecular weight is 348 g/mol. The number of nitrogens with zero attached hydrogens (tertiary/aromatic N) is 2. The van der Waals surface area contributed by atoms with Crippen LogP contribution in [0.1, 0.15) is 16.7 Å². The van der Waals surface area contributed by atoms with Gasteiger partial charge in [0.1, 0.15) is 10.8 Å². The average Bonchev–Trinajstić information content (AvgIpc) is 3.25. The molecule has 3 heterocycles. The van der Waals surface area contributed by atoms with E-state index in [4.69, 9.17) is 11.6 Å². The van der Waals surface area contributed by atoms with E-state index in [1.54, 1.807) is 6.20 Å². The number of rotatable bonds is 2. The molecular weight excluding hydrogens is 330 g/mol. The Labute approximate surface area is 151 Å². The number of benzene rings is 1. The van der Waals surface area contributed by atoms with Crippen LogP contribution in [0.2, 0.25) is 0 Å². The van der Waals surface area contributed by atoms with Crippen molar-refractivity contribution in [1.82, 2.24) is 14.9 Å². The molecule has 0 spiro atoms. The van der Waals surface area contributed by atoms with Crippen molar-refractivity contribution in [3.63, 3.8) is 0 Å². The Bertz CT molecular complexity index is 990. The first-order chi connectivity index (χ1) is 12.3. The molecule has 0 atom stereocenters. The minimum Gasteiger partial charge on any atom is -0.355 e. The first-order valence-corrected chi connectivity index (χ1v) is 9.00. The SMILES string of the molecule is ClC1=CC(c2c[nH]c3ncccc23)=CCN1C1Cc2ccccc2C1.